The molecule has 0 saturated heterocycles. The molecule has 1 aromatic rings. The first kappa shape index (κ1) is 10.3. The Morgan fingerprint density at radius 1 is 1.31 bits per heavy atom. The second-order valence-corrected chi connectivity index (χ2v) is 4.35. The molecule has 0 saturated carbocycles. The number of hydrogen-bond donors (Lipinski definition) is 1. The fourth-order valence-electron chi connectivity index (χ4n) is 0.956. The predicted octanol–water partition coefficient (Wildman–Crippen LogP) is 2.18. The zero-order valence-corrected chi connectivity index (χ0v) is 9.06. The van der Waals surface area contributed by atoms with Crippen molar-refractivity contribution in [3.8, 4) is 0 Å². The van der Waals surface area contributed by atoms with Crippen LogP contribution in [0.1, 0.15) is 38.1 Å². The van der Waals surface area contributed by atoms with Gasteiger partial charge in [0.25, 0.3) is 0 Å². The summed E-state index contributed by atoms with van der Waals surface area (Å²) < 4.78 is 5.44. The molecular weight excluding hydrogens is 164 g/mol. The van der Waals surface area contributed by atoms with Gasteiger partial charge in [-0.3, -0.25) is 0 Å². The summed E-state index contributed by atoms with van der Waals surface area (Å²) in [6.45, 7) is 10.9. The number of oxazole rings is 1. The van der Waals surface area contributed by atoms with Crippen molar-refractivity contribution >= 4 is 0 Å². The van der Waals surface area contributed by atoms with E-state index >= 15 is 0 Å². The zero-order chi connectivity index (χ0) is 10.1. The van der Waals surface area contributed by atoms with E-state index in [1.165, 1.54) is 0 Å². The largest absolute Gasteiger partial charge is 0.444 e. The van der Waals surface area contributed by atoms with E-state index in [1.54, 1.807) is 0 Å². The molecule has 3 nitrogen and oxygen atoms in total. The Morgan fingerprint density at radius 2 is 1.92 bits per heavy atom. The first-order chi connectivity index (χ1) is 5.88. The number of aryl methyl sites for hydroxylation is 2. The SMILES string of the molecule is Cc1nc(CNC(C)(C)C)oc1C. The van der Waals surface area contributed by atoms with E-state index in [0.717, 1.165) is 17.3 Å². The van der Waals surface area contributed by atoms with E-state index in [-0.39, 0.29) is 5.54 Å². The Balaban J connectivity index is 2.56. The number of aromatic nitrogens is 1. The molecule has 1 N–H and O–H groups in total. The van der Waals surface area contributed by atoms with Crippen molar-refractivity contribution in [2.75, 3.05) is 0 Å². The molecule has 0 spiro atoms. The first-order valence-electron chi connectivity index (χ1n) is 4.56. The average Bonchev–Trinajstić information content (AvgIpc) is 2.27. The van der Waals surface area contributed by atoms with Crippen molar-refractivity contribution < 1.29 is 4.42 Å². The number of nitrogens with zero attached hydrogens (tertiary/aromatic N) is 1. The molecule has 0 aliphatic carbocycles. The monoisotopic (exact) mass is 182 g/mol. The van der Waals surface area contributed by atoms with Crippen LogP contribution in [-0.4, -0.2) is 10.5 Å². The van der Waals surface area contributed by atoms with Crippen molar-refractivity contribution in [1.82, 2.24) is 10.3 Å². The van der Waals surface area contributed by atoms with E-state index in [2.05, 4.69) is 31.1 Å². The van der Waals surface area contributed by atoms with E-state index in [0.29, 0.717) is 6.54 Å². The summed E-state index contributed by atoms with van der Waals surface area (Å²) in [6.07, 6.45) is 0. The van der Waals surface area contributed by atoms with Crippen molar-refractivity contribution in [1.29, 1.82) is 0 Å². The minimum atomic E-state index is 0.107. The second kappa shape index (κ2) is 3.50. The van der Waals surface area contributed by atoms with Gasteiger partial charge in [-0.25, -0.2) is 4.98 Å². The van der Waals surface area contributed by atoms with Crippen molar-refractivity contribution in [3.05, 3.63) is 17.3 Å². The summed E-state index contributed by atoms with van der Waals surface area (Å²) in [5.41, 5.74) is 1.08. The number of nitrogens with one attached hydrogen (secondary N) is 1. The van der Waals surface area contributed by atoms with Crippen LogP contribution in [0.3, 0.4) is 0 Å². The summed E-state index contributed by atoms with van der Waals surface area (Å²) >= 11 is 0. The maximum Gasteiger partial charge on any atom is 0.208 e. The van der Waals surface area contributed by atoms with Crippen molar-refractivity contribution in [3.63, 3.8) is 0 Å². The molecule has 74 valence electrons. The highest BCUT2D eigenvalue weighted by molar-refractivity contribution is 5.05. The van der Waals surface area contributed by atoms with Crippen molar-refractivity contribution in [2.45, 2.75) is 46.7 Å². The van der Waals surface area contributed by atoms with Gasteiger partial charge in [0.15, 0.2) is 0 Å². The molecule has 0 unspecified atom stereocenters. The quantitative estimate of drug-likeness (QED) is 0.761. The molecule has 1 rings (SSSR count). The van der Waals surface area contributed by atoms with Crippen LogP contribution in [0.5, 0.6) is 0 Å². The van der Waals surface area contributed by atoms with Gasteiger partial charge >= 0.3 is 0 Å². The lowest BCUT2D eigenvalue weighted by Gasteiger charge is -2.18. The third-order valence-corrected chi connectivity index (χ3v) is 1.84. The molecule has 0 aliphatic rings. The van der Waals surface area contributed by atoms with E-state index < -0.39 is 0 Å². The van der Waals surface area contributed by atoms with Crippen LogP contribution in [-0.2, 0) is 6.54 Å². The highest BCUT2D eigenvalue weighted by atomic mass is 16.4. The molecule has 0 amide bonds. The van der Waals surface area contributed by atoms with Crippen LogP contribution in [0.25, 0.3) is 0 Å². The van der Waals surface area contributed by atoms with Gasteiger partial charge < -0.3 is 9.73 Å². The van der Waals surface area contributed by atoms with Crippen LogP contribution in [0, 0.1) is 13.8 Å². The second-order valence-electron chi connectivity index (χ2n) is 4.35. The summed E-state index contributed by atoms with van der Waals surface area (Å²) in [5, 5.41) is 3.32. The normalized spacial score (nSPS) is 12.1. The Hall–Kier alpha value is -0.830. The minimum absolute atomic E-state index is 0.107. The van der Waals surface area contributed by atoms with E-state index in [9.17, 15) is 0 Å². The van der Waals surface area contributed by atoms with Gasteiger partial charge in [-0.15, -0.1) is 0 Å². The van der Waals surface area contributed by atoms with Crippen molar-refractivity contribution in [2.24, 2.45) is 0 Å². The maximum absolute atomic E-state index is 5.44. The average molecular weight is 182 g/mol. The molecule has 1 heterocycles. The van der Waals surface area contributed by atoms with Crippen LogP contribution < -0.4 is 5.32 Å². The van der Waals surface area contributed by atoms with Gasteiger partial charge in [-0.1, -0.05) is 0 Å². The smallest absolute Gasteiger partial charge is 0.208 e. The van der Waals surface area contributed by atoms with E-state index in [1.807, 2.05) is 13.8 Å². The van der Waals surface area contributed by atoms with Gasteiger partial charge in [-0.05, 0) is 34.6 Å². The molecule has 0 aromatic carbocycles. The number of rotatable bonds is 2. The Kier molecular flexibility index (Phi) is 2.76. The molecule has 0 bridgehead atoms. The Morgan fingerprint density at radius 3 is 2.31 bits per heavy atom. The molecule has 1 aromatic heterocycles. The molecule has 3 heteroatoms. The highest BCUT2D eigenvalue weighted by Crippen LogP contribution is 2.09. The van der Waals surface area contributed by atoms with Gasteiger partial charge in [0.05, 0.1) is 12.2 Å². The zero-order valence-electron chi connectivity index (χ0n) is 9.06. The van der Waals surface area contributed by atoms with Gasteiger partial charge in [-0.2, -0.15) is 0 Å². The molecule has 0 fully saturated rings. The molecule has 0 radical (unpaired) electrons. The van der Waals surface area contributed by atoms with Crippen LogP contribution >= 0.6 is 0 Å². The fraction of sp³-hybridized carbons (Fsp3) is 0.700. The molecule has 0 aliphatic heterocycles. The Labute approximate surface area is 79.5 Å². The lowest BCUT2D eigenvalue weighted by molar-refractivity contribution is 0.375. The summed E-state index contributed by atoms with van der Waals surface area (Å²) in [6, 6.07) is 0. The third-order valence-electron chi connectivity index (χ3n) is 1.84. The topological polar surface area (TPSA) is 38.1 Å². The lowest BCUT2D eigenvalue weighted by atomic mass is 10.1. The molecule has 0 atom stereocenters. The Bertz CT molecular complexity index is 264. The van der Waals surface area contributed by atoms with Crippen LogP contribution in [0.15, 0.2) is 4.42 Å². The molecule has 13 heavy (non-hydrogen) atoms. The minimum Gasteiger partial charge on any atom is -0.444 e. The van der Waals surface area contributed by atoms with Gasteiger partial charge in [0.2, 0.25) is 5.89 Å². The third kappa shape index (κ3) is 3.19. The van der Waals surface area contributed by atoms with Crippen LogP contribution in [0.4, 0.5) is 0 Å². The van der Waals surface area contributed by atoms with Gasteiger partial charge in [0.1, 0.15) is 5.76 Å². The lowest BCUT2D eigenvalue weighted by Crippen LogP contribution is -2.35. The van der Waals surface area contributed by atoms with Gasteiger partial charge in [0, 0.05) is 5.54 Å². The summed E-state index contributed by atoms with van der Waals surface area (Å²) in [7, 11) is 0. The fourth-order valence-corrected chi connectivity index (χ4v) is 0.956. The summed E-state index contributed by atoms with van der Waals surface area (Å²) in [5.74, 6) is 1.68. The first-order valence-corrected chi connectivity index (χ1v) is 4.56. The standard InChI is InChI=1S/C10H18N2O/c1-7-8(2)13-9(12-7)6-11-10(3,4)5/h11H,6H2,1-5H3. The number of hydrogen-bond acceptors (Lipinski definition) is 3. The predicted molar refractivity (Wildman–Crippen MR) is 52.6 cm³/mol. The molecular formula is C10H18N2O. The van der Waals surface area contributed by atoms with E-state index in [4.69, 9.17) is 4.42 Å². The summed E-state index contributed by atoms with van der Waals surface area (Å²) in [4.78, 5) is 4.28. The maximum atomic E-state index is 5.44. The van der Waals surface area contributed by atoms with Crippen LogP contribution in [0.2, 0.25) is 0 Å². The highest BCUT2D eigenvalue weighted by Gasteiger charge is 2.11.